The molecule has 0 aliphatic carbocycles. The molecule has 0 aliphatic heterocycles. The zero-order valence-electron chi connectivity index (χ0n) is 9.52. The van der Waals surface area contributed by atoms with Crippen LogP contribution in [0, 0.1) is 0 Å². The van der Waals surface area contributed by atoms with E-state index < -0.39 is 18.3 Å². The number of aliphatic hydroxyl groups is 1. The van der Waals surface area contributed by atoms with Gasteiger partial charge in [-0.3, -0.25) is 0 Å². The molecular weight excluding hydrogens is 217 g/mol. The lowest BCUT2D eigenvalue weighted by Gasteiger charge is -2.21. The van der Waals surface area contributed by atoms with Crippen LogP contribution in [0.5, 0.6) is 0 Å². The van der Waals surface area contributed by atoms with Gasteiger partial charge in [-0.25, -0.2) is 0 Å². The van der Waals surface area contributed by atoms with Gasteiger partial charge in [0.05, 0.1) is 12.2 Å². The van der Waals surface area contributed by atoms with Crippen LogP contribution in [0.15, 0.2) is 18.2 Å². The Morgan fingerprint density at radius 3 is 2.06 bits per heavy atom. The number of hydrogen-bond donors (Lipinski definition) is 1. The summed E-state index contributed by atoms with van der Waals surface area (Å²) in [7, 11) is 0. The lowest BCUT2D eigenvalue weighted by molar-refractivity contribution is -0.138. The van der Waals surface area contributed by atoms with E-state index in [-0.39, 0.29) is 11.0 Å². The van der Waals surface area contributed by atoms with Gasteiger partial charge in [-0.15, -0.1) is 0 Å². The summed E-state index contributed by atoms with van der Waals surface area (Å²) in [6.07, 6.45) is -4.42. The Morgan fingerprint density at radius 1 is 1.12 bits per heavy atom. The van der Waals surface area contributed by atoms with Crippen LogP contribution in [0.4, 0.5) is 13.2 Å². The fourth-order valence-electron chi connectivity index (χ4n) is 1.44. The highest BCUT2D eigenvalue weighted by molar-refractivity contribution is 5.36. The maximum Gasteiger partial charge on any atom is 0.416 e. The van der Waals surface area contributed by atoms with Crippen molar-refractivity contribution >= 4 is 0 Å². The maximum absolute atomic E-state index is 12.7. The van der Waals surface area contributed by atoms with Crippen molar-refractivity contribution < 1.29 is 18.3 Å². The average Bonchev–Trinajstić information content (AvgIpc) is 2.14. The molecule has 0 saturated heterocycles. The zero-order chi connectivity index (χ0) is 12.6. The molecule has 16 heavy (non-hydrogen) atoms. The minimum absolute atomic E-state index is 0.0829. The molecule has 0 unspecified atom stereocenters. The standard InChI is InChI=1S/C12H15F3O/c1-11(2,3)9-5-4-8(7-16)10(6-9)12(13,14)15/h4-6,16H,7H2,1-3H3. The van der Waals surface area contributed by atoms with Gasteiger partial charge in [0.2, 0.25) is 0 Å². The average molecular weight is 232 g/mol. The molecule has 0 radical (unpaired) electrons. The van der Waals surface area contributed by atoms with Gasteiger partial charge in [0.15, 0.2) is 0 Å². The summed E-state index contributed by atoms with van der Waals surface area (Å²) in [5.41, 5.74) is -0.562. The molecule has 0 bridgehead atoms. The van der Waals surface area contributed by atoms with Gasteiger partial charge in [0.1, 0.15) is 0 Å². The third-order valence-electron chi connectivity index (χ3n) is 2.45. The third-order valence-corrected chi connectivity index (χ3v) is 2.45. The first-order valence-corrected chi connectivity index (χ1v) is 4.97. The normalized spacial score (nSPS) is 12.9. The Kier molecular flexibility index (Phi) is 3.33. The van der Waals surface area contributed by atoms with Crippen LogP contribution in [0.1, 0.15) is 37.5 Å². The van der Waals surface area contributed by atoms with E-state index >= 15 is 0 Å². The van der Waals surface area contributed by atoms with Crippen LogP contribution in [-0.2, 0) is 18.2 Å². The number of rotatable bonds is 1. The molecule has 4 heteroatoms. The van der Waals surface area contributed by atoms with Gasteiger partial charge in [0.25, 0.3) is 0 Å². The number of benzene rings is 1. The first kappa shape index (κ1) is 13.0. The second-order valence-corrected chi connectivity index (χ2v) is 4.78. The molecule has 1 nitrogen and oxygen atoms in total. The van der Waals surface area contributed by atoms with Crippen molar-refractivity contribution in [3.8, 4) is 0 Å². The predicted molar refractivity (Wildman–Crippen MR) is 56.1 cm³/mol. The molecular formula is C12H15F3O. The molecule has 1 aromatic rings. The van der Waals surface area contributed by atoms with Crippen LogP contribution < -0.4 is 0 Å². The monoisotopic (exact) mass is 232 g/mol. The minimum atomic E-state index is -4.42. The van der Waals surface area contributed by atoms with Crippen molar-refractivity contribution in [2.24, 2.45) is 0 Å². The highest BCUT2D eigenvalue weighted by Gasteiger charge is 2.34. The van der Waals surface area contributed by atoms with E-state index in [2.05, 4.69) is 0 Å². The van der Waals surface area contributed by atoms with E-state index in [0.29, 0.717) is 5.56 Å². The molecule has 0 heterocycles. The summed E-state index contributed by atoms with van der Waals surface area (Å²) in [5.74, 6) is 0. The van der Waals surface area contributed by atoms with Crippen molar-refractivity contribution in [2.45, 2.75) is 39.0 Å². The molecule has 0 spiro atoms. The Hall–Kier alpha value is -1.03. The summed E-state index contributed by atoms with van der Waals surface area (Å²) < 4.78 is 38.1. The fraction of sp³-hybridized carbons (Fsp3) is 0.500. The molecule has 1 aromatic carbocycles. The second-order valence-electron chi connectivity index (χ2n) is 4.78. The van der Waals surface area contributed by atoms with Crippen LogP contribution in [-0.4, -0.2) is 5.11 Å². The van der Waals surface area contributed by atoms with Crippen molar-refractivity contribution in [3.63, 3.8) is 0 Å². The molecule has 0 fully saturated rings. The molecule has 0 aliphatic rings. The molecule has 1 N–H and O–H groups in total. The number of aliphatic hydroxyl groups excluding tert-OH is 1. The van der Waals surface area contributed by atoms with E-state index in [0.717, 1.165) is 6.07 Å². The molecule has 0 atom stereocenters. The number of alkyl halides is 3. The SMILES string of the molecule is CC(C)(C)c1ccc(CO)c(C(F)(F)F)c1. The highest BCUT2D eigenvalue weighted by atomic mass is 19.4. The van der Waals surface area contributed by atoms with E-state index in [1.807, 2.05) is 20.8 Å². The summed E-state index contributed by atoms with van der Waals surface area (Å²) in [5, 5.41) is 8.88. The van der Waals surface area contributed by atoms with Gasteiger partial charge >= 0.3 is 6.18 Å². The maximum atomic E-state index is 12.7. The largest absolute Gasteiger partial charge is 0.416 e. The van der Waals surface area contributed by atoms with E-state index in [1.165, 1.54) is 6.07 Å². The summed E-state index contributed by atoms with van der Waals surface area (Å²) in [6, 6.07) is 4.08. The van der Waals surface area contributed by atoms with Crippen molar-refractivity contribution in [3.05, 3.63) is 34.9 Å². The molecule has 1 rings (SSSR count). The zero-order valence-corrected chi connectivity index (χ0v) is 9.52. The highest BCUT2D eigenvalue weighted by Crippen LogP contribution is 2.35. The lowest BCUT2D eigenvalue weighted by Crippen LogP contribution is -2.15. The lowest BCUT2D eigenvalue weighted by atomic mass is 9.85. The molecule has 0 saturated carbocycles. The van der Waals surface area contributed by atoms with E-state index in [9.17, 15) is 13.2 Å². The summed E-state index contributed by atoms with van der Waals surface area (Å²) in [6.45, 7) is 4.95. The second kappa shape index (κ2) is 4.09. The Morgan fingerprint density at radius 2 is 1.69 bits per heavy atom. The first-order chi connectivity index (χ1) is 7.16. The number of hydrogen-bond acceptors (Lipinski definition) is 1. The van der Waals surface area contributed by atoms with Crippen LogP contribution >= 0.6 is 0 Å². The number of halogens is 3. The Labute approximate surface area is 92.9 Å². The van der Waals surface area contributed by atoms with Gasteiger partial charge in [-0.1, -0.05) is 32.9 Å². The summed E-state index contributed by atoms with van der Waals surface area (Å²) >= 11 is 0. The predicted octanol–water partition coefficient (Wildman–Crippen LogP) is 3.50. The van der Waals surface area contributed by atoms with Crippen LogP contribution in [0.3, 0.4) is 0 Å². The Bertz CT molecular complexity index is 375. The quantitative estimate of drug-likeness (QED) is 0.785. The minimum Gasteiger partial charge on any atom is -0.392 e. The smallest absolute Gasteiger partial charge is 0.392 e. The Balaban J connectivity index is 3.34. The van der Waals surface area contributed by atoms with Gasteiger partial charge in [0, 0.05) is 0 Å². The van der Waals surface area contributed by atoms with Gasteiger partial charge in [-0.05, 0) is 22.6 Å². The van der Waals surface area contributed by atoms with Gasteiger partial charge < -0.3 is 5.11 Å². The third kappa shape index (κ3) is 2.76. The van der Waals surface area contributed by atoms with Crippen LogP contribution in [0.25, 0.3) is 0 Å². The topological polar surface area (TPSA) is 20.2 Å². The van der Waals surface area contributed by atoms with Gasteiger partial charge in [-0.2, -0.15) is 13.2 Å². The van der Waals surface area contributed by atoms with E-state index in [4.69, 9.17) is 5.11 Å². The van der Waals surface area contributed by atoms with Crippen LogP contribution in [0.2, 0.25) is 0 Å². The van der Waals surface area contributed by atoms with Crippen molar-refractivity contribution in [1.82, 2.24) is 0 Å². The molecule has 0 amide bonds. The summed E-state index contributed by atoms with van der Waals surface area (Å²) in [4.78, 5) is 0. The van der Waals surface area contributed by atoms with Crippen molar-refractivity contribution in [2.75, 3.05) is 0 Å². The molecule has 0 aromatic heterocycles. The van der Waals surface area contributed by atoms with Crippen molar-refractivity contribution in [1.29, 1.82) is 0 Å². The van der Waals surface area contributed by atoms with E-state index in [1.54, 1.807) is 6.07 Å². The first-order valence-electron chi connectivity index (χ1n) is 4.97. The molecule has 90 valence electrons. The fourth-order valence-corrected chi connectivity index (χ4v) is 1.44.